The molecule has 2 heterocycles. The van der Waals surface area contributed by atoms with Gasteiger partial charge in [-0.1, -0.05) is 41.9 Å². The van der Waals surface area contributed by atoms with Crippen molar-refractivity contribution in [3.05, 3.63) is 59.1 Å². The highest BCUT2D eigenvalue weighted by atomic mass is 35.5. The fraction of sp³-hybridized carbons (Fsp3) is 0.480. The number of sulfonamides is 1. The van der Waals surface area contributed by atoms with Crippen molar-refractivity contribution in [1.29, 1.82) is 0 Å². The van der Waals surface area contributed by atoms with Gasteiger partial charge >= 0.3 is 0 Å². The predicted molar refractivity (Wildman–Crippen MR) is 129 cm³/mol. The minimum Gasteiger partial charge on any atom is -0.495 e. The largest absolute Gasteiger partial charge is 0.495 e. The van der Waals surface area contributed by atoms with E-state index in [1.54, 1.807) is 6.07 Å². The molecule has 1 unspecified atom stereocenters. The SMILES string of the molecule is COc1ccc(S(=O)(=O)N2CCCC(C(=O)N3CCC(Cc4ccccc4)CC3)C2)cc1Cl. The molecule has 0 spiro atoms. The van der Waals surface area contributed by atoms with Crippen LogP contribution < -0.4 is 4.74 Å². The molecule has 0 aliphatic carbocycles. The second-order valence-corrected chi connectivity index (χ2v) is 11.3. The number of likely N-dealkylation sites (tertiary alicyclic amines) is 1. The van der Waals surface area contributed by atoms with E-state index < -0.39 is 10.0 Å². The monoisotopic (exact) mass is 490 g/mol. The minimum atomic E-state index is -3.73. The van der Waals surface area contributed by atoms with E-state index in [-0.39, 0.29) is 28.3 Å². The number of hydrogen-bond donors (Lipinski definition) is 0. The van der Waals surface area contributed by atoms with Crippen molar-refractivity contribution in [3.8, 4) is 5.75 Å². The van der Waals surface area contributed by atoms with Crippen LogP contribution in [0.25, 0.3) is 0 Å². The maximum absolute atomic E-state index is 13.2. The van der Waals surface area contributed by atoms with Gasteiger partial charge < -0.3 is 9.64 Å². The van der Waals surface area contributed by atoms with E-state index >= 15 is 0 Å². The Hall–Kier alpha value is -2.09. The second-order valence-electron chi connectivity index (χ2n) is 8.96. The van der Waals surface area contributed by atoms with Gasteiger partial charge in [-0.2, -0.15) is 4.31 Å². The van der Waals surface area contributed by atoms with E-state index in [1.165, 1.54) is 29.1 Å². The summed E-state index contributed by atoms with van der Waals surface area (Å²) in [5, 5.41) is 0.251. The summed E-state index contributed by atoms with van der Waals surface area (Å²) >= 11 is 6.15. The molecule has 1 atom stereocenters. The lowest BCUT2D eigenvalue weighted by Gasteiger charge is -2.37. The van der Waals surface area contributed by atoms with Gasteiger partial charge in [-0.05, 0) is 61.8 Å². The van der Waals surface area contributed by atoms with E-state index in [0.717, 1.165) is 38.8 Å². The third-order valence-electron chi connectivity index (χ3n) is 6.79. The first-order valence-corrected chi connectivity index (χ1v) is 13.4. The summed E-state index contributed by atoms with van der Waals surface area (Å²) in [6.07, 6.45) is 4.41. The standard InChI is InChI=1S/C25H31ClN2O4S/c1-32-24-10-9-22(17-23(24)26)33(30,31)28-13-5-8-21(18-28)25(29)27-14-11-20(12-15-27)16-19-6-3-2-4-7-19/h2-4,6-7,9-10,17,20-21H,5,8,11-16,18H2,1H3. The molecule has 8 heteroatoms. The molecule has 33 heavy (non-hydrogen) atoms. The van der Waals surface area contributed by atoms with Gasteiger partial charge in [-0.25, -0.2) is 8.42 Å². The van der Waals surface area contributed by atoms with Crippen LogP contribution in [0.5, 0.6) is 5.75 Å². The number of piperidine rings is 2. The molecule has 6 nitrogen and oxygen atoms in total. The number of nitrogens with zero attached hydrogens (tertiary/aromatic N) is 2. The van der Waals surface area contributed by atoms with Gasteiger partial charge in [0.05, 0.1) is 22.9 Å². The smallest absolute Gasteiger partial charge is 0.243 e. The molecule has 2 fully saturated rings. The molecule has 1 amide bonds. The zero-order chi connectivity index (χ0) is 23.4. The minimum absolute atomic E-state index is 0.0841. The van der Waals surface area contributed by atoms with Crippen molar-refractivity contribution < 1.29 is 17.9 Å². The number of carbonyl (C=O) groups is 1. The van der Waals surface area contributed by atoms with Gasteiger partial charge in [0, 0.05) is 26.2 Å². The predicted octanol–water partition coefficient (Wildman–Crippen LogP) is 4.23. The number of carbonyl (C=O) groups excluding carboxylic acids is 1. The molecule has 4 rings (SSSR count). The lowest BCUT2D eigenvalue weighted by atomic mass is 9.89. The number of hydrogen-bond acceptors (Lipinski definition) is 4. The maximum atomic E-state index is 13.2. The van der Waals surface area contributed by atoms with Gasteiger partial charge in [0.1, 0.15) is 5.75 Å². The van der Waals surface area contributed by atoms with Crippen LogP contribution in [0.1, 0.15) is 31.2 Å². The molecule has 2 saturated heterocycles. The normalized spacial score (nSPS) is 20.5. The first-order valence-electron chi connectivity index (χ1n) is 11.5. The quantitative estimate of drug-likeness (QED) is 0.607. The number of amides is 1. The van der Waals surface area contributed by atoms with Crippen LogP contribution in [-0.4, -0.2) is 56.8 Å². The molecule has 2 aromatic carbocycles. The molecular formula is C25H31ClN2O4S. The van der Waals surface area contributed by atoms with Crippen molar-refractivity contribution in [2.24, 2.45) is 11.8 Å². The van der Waals surface area contributed by atoms with Crippen molar-refractivity contribution in [2.75, 3.05) is 33.3 Å². The van der Waals surface area contributed by atoms with E-state index in [4.69, 9.17) is 16.3 Å². The molecule has 2 aromatic rings. The second kappa shape index (κ2) is 10.5. The van der Waals surface area contributed by atoms with Gasteiger partial charge in [0.25, 0.3) is 0 Å². The highest BCUT2D eigenvalue weighted by Crippen LogP contribution is 2.31. The molecule has 0 N–H and O–H groups in total. The molecule has 2 aliphatic rings. The fourth-order valence-corrected chi connectivity index (χ4v) is 6.76. The molecular weight excluding hydrogens is 460 g/mol. The van der Waals surface area contributed by atoms with E-state index in [0.29, 0.717) is 24.6 Å². The summed E-state index contributed by atoms with van der Waals surface area (Å²) < 4.78 is 33.0. The summed E-state index contributed by atoms with van der Waals surface area (Å²) in [6, 6.07) is 15.0. The number of benzene rings is 2. The van der Waals surface area contributed by atoms with Crippen molar-refractivity contribution in [3.63, 3.8) is 0 Å². The molecule has 0 aromatic heterocycles. The first kappa shape index (κ1) is 24.0. The summed E-state index contributed by atoms with van der Waals surface area (Å²) in [4.78, 5) is 15.3. The van der Waals surface area contributed by atoms with Crippen LogP contribution in [0.4, 0.5) is 0 Å². The van der Waals surface area contributed by atoms with E-state index in [9.17, 15) is 13.2 Å². The van der Waals surface area contributed by atoms with Crippen LogP contribution >= 0.6 is 11.6 Å². The zero-order valence-corrected chi connectivity index (χ0v) is 20.5. The Kier molecular flexibility index (Phi) is 7.62. The zero-order valence-electron chi connectivity index (χ0n) is 19.0. The van der Waals surface area contributed by atoms with Gasteiger partial charge in [-0.3, -0.25) is 4.79 Å². The average molecular weight is 491 g/mol. The Morgan fingerprint density at radius 3 is 2.45 bits per heavy atom. The van der Waals surface area contributed by atoms with E-state index in [2.05, 4.69) is 24.3 Å². The van der Waals surface area contributed by atoms with Crippen LogP contribution in [0.15, 0.2) is 53.4 Å². The number of methoxy groups -OCH3 is 1. The third-order valence-corrected chi connectivity index (χ3v) is 8.94. The summed E-state index contributed by atoms with van der Waals surface area (Å²) in [5.41, 5.74) is 1.34. The first-order chi connectivity index (χ1) is 15.9. The lowest BCUT2D eigenvalue weighted by Crippen LogP contribution is -2.48. The third kappa shape index (κ3) is 5.53. The Bertz CT molecular complexity index is 1070. The average Bonchev–Trinajstić information content (AvgIpc) is 2.84. The Labute approximate surface area is 201 Å². The van der Waals surface area contributed by atoms with Crippen molar-refractivity contribution >= 4 is 27.5 Å². The molecule has 0 radical (unpaired) electrons. The molecule has 2 aliphatic heterocycles. The van der Waals surface area contributed by atoms with Crippen LogP contribution in [0, 0.1) is 11.8 Å². The Morgan fingerprint density at radius 1 is 1.06 bits per heavy atom. The van der Waals surface area contributed by atoms with Gasteiger partial charge in [0.15, 0.2) is 0 Å². The topological polar surface area (TPSA) is 66.9 Å². The summed E-state index contributed by atoms with van der Waals surface area (Å²) in [5.74, 6) is 0.797. The number of halogens is 1. The van der Waals surface area contributed by atoms with Crippen molar-refractivity contribution in [2.45, 2.75) is 37.0 Å². The summed E-state index contributed by atoms with van der Waals surface area (Å²) in [6.45, 7) is 2.12. The van der Waals surface area contributed by atoms with Crippen molar-refractivity contribution in [1.82, 2.24) is 9.21 Å². The van der Waals surface area contributed by atoms with Gasteiger partial charge in [0.2, 0.25) is 15.9 Å². The molecule has 178 valence electrons. The Balaban J connectivity index is 1.36. The molecule has 0 bridgehead atoms. The number of rotatable bonds is 6. The highest BCUT2D eigenvalue weighted by Gasteiger charge is 2.36. The maximum Gasteiger partial charge on any atom is 0.243 e. The van der Waals surface area contributed by atoms with Crippen LogP contribution in [-0.2, 0) is 21.2 Å². The Morgan fingerprint density at radius 2 is 1.79 bits per heavy atom. The summed E-state index contributed by atoms with van der Waals surface area (Å²) in [7, 11) is -2.24. The van der Waals surface area contributed by atoms with E-state index in [1.807, 2.05) is 11.0 Å². The molecule has 0 saturated carbocycles. The highest BCUT2D eigenvalue weighted by molar-refractivity contribution is 7.89. The van der Waals surface area contributed by atoms with Gasteiger partial charge in [-0.15, -0.1) is 0 Å². The van der Waals surface area contributed by atoms with Crippen LogP contribution in [0.3, 0.4) is 0 Å². The fourth-order valence-electron chi connectivity index (χ4n) is 4.88. The van der Waals surface area contributed by atoms with Crippen LogP contribution in [0.2, 0.25) is 5.02 Å². The number of ether oxygens (including phenoxy) is 1. The lowest BCUT2D eigenvalue weighted by molar-refractivity contribution is -0.138.